The zero-order chi connectivity index (χ0) is 15.5. The van der Waals surface area contributed by atoms with Crippen LogP contribution < -0.4 is 5.32 Å². The van der Waals surface area contributed by atoms with Gasteiger partial charge in [-0.1, -0.05) is 0 Å². The largest absolute Gasteiger partial charge is 0.350 e. The van der Waals surface area contributed by atoms with E-state index in [1.54, 1.807) is 0 Å². The summed E-state index contributed by atoms with van der Waals surface area (Å²) in [5.74, 6) is -1.45. The molecule has 0 fully saturated rings. The summed E-state index contributed by atoms with van der Waals surface area (Å²) in [5, 5.41) is 13.2. The molecule has 0 aliphatic heterocycles. The molecule has 0 bridgehead atoms. The van der Waals surface area contributed by atoms with Gasteiger partial charge >= 0.3 is 0 Å². The van der Waals surface area contributed by atoms with E-state index >= 15 is 0 Å². The Hall–Kier alpha value is -2.02. The lowest BCUT2D eigenvalue weighted by Crippen LogP contribution is -2.48. The number of nitrogens with zero attached hydrogens (tertiary/aromatic N) is 2. The zero-order valence-electron chi connectivity index (χ0n) is 11.9. The molecule has 0 radical (unpaired) electrons. The highest BCUT2D eigenvalue weighted by Gasteiger charge is 2.23. The van der Waals surface area contributed by atoms with Crippen LogP contribution in [0.15, 0.2) is 18.2 Å². The Balaban J connectivity index is 2.88. The number of amides is 1. The van der Waals surface area contributed by atoms with Crippen LogP contribution in [0.25, 0.3) is 0 Å². The number of non-ortho nitro benzene ring substituents is 1. The van der Waals surface area contributed by atoms with Crippen molar-refractivity contribution in [2.45, 2.75) is 19.4 Å². The van der Waals surface area contributed by atoms with Crippen LogP contribution >= 0.6 is 0 Å². The fourth-order valence-corrected chi connectivity index (χ4v) is 1.35. The topological polar surface area (TPSA) is 75.5 Å². The molecule has 0 unspecified atom stereocenters. The van der Waals surface area contributed by atoms with E-state index in [0.717, 1.165) is 18.2 Å². The highest BCUT2D eigenvalue weighted by Crippen LogP contribution is 2.17. The van der Waals surface area contributed by atoms with Crippen LogP contribution in [0.2, 0.25) is 0 Å². The second-order valence-corrected chi connectivity index (χ2v) is 5.31. The Morgan fingerprint density at radius 1 is 1.45 bits per heavy atom. The Morgan fingerprint density at radius 2 is 2.05 bits per heavy atom. The molecule has 0 heterocycles. The average Bonchev–Trinajstić information content (AvgIpc) is 2.36. The highest BCUT2D eigenvalue weighted by atomic mass is 19.1. The van der Waals surface area contributed by atoms with E-state index in [2.05, 4.69) is 5.32 Å². The minimum Gasteiger partial charge on any atom is -0.350 e. The third-order valence-electron chi connectivity index (χ3n) is 3.30. The maximum absolute atomic E-state index is 13.6. The van der Waals surface area contributed by atoms with Crippen LogP contribution in [-0.4, -0.2) is 41.9 Å². The first-order valence-corrected chi connectivity index (χ1v) is 6.05. The van der Waals surface area contributed by atoms with E-state index in [1.165, 1.54) is 0 Å². The van der Waals surface area contributed by atoms with E-state index in [9.17, 15) is 19.3 Å². The number of carbonyl (C=O) groups excluding carboxylic acids is 1. The van der Waals surface area contributed by atoms with Gasteiger partial charge in [0, 0.05) is 24.2 Å². The van der Waals surface area contributed by atoms with Crippen molar-refractivity contribution >= 4 is 11.6 Å². The van der Waals surface area contributed by atoms with Crippen molar-refractivity contribution in [3.05, 3.63) is 39.7 Å². The third-order valence-corrected chi connectivity index (χ3v) is 3.30. The molecular formula is C13H18FN3O3. The molecule has 7 heteroatoms. The number of benzene rings is 1. The number of likely N-dealkylation sites (N-methyl/N-ethyl adjacent to an activating group) is 1. The normalized spacial score (nSPS) is 11.5. The van der Waals surface area contributed by atoms with Crippen molar-refractivity contribution in [1.82, 2.24) is 10.2 Å². The van der Waals surface area contributed by atoms with Gasteiger partial charge in [-0.25, -0.2) is 4.39 Å². The predicted octanol–water partition coefficient (Wildman–Crippen LogP) is 1.80. The van der Waals surface area contributed by atoms with Gasteiger partial charge in [-0.15, -0.1) is 0 Å². The van der Waals surface area contributed by atoms with Crippen LogP contribution in [0.4, 0.5) is 10.1 Å². The lowest BCUT2D eigenvalue weighted by Gasteiger charge is -2.32. The Bertz CT molecular complexity index is 530. The molecule has 1 aromatic rings. The summed E-state index contributed by atoms with van der Waals surface area (Å²) in [6.45, 7) is 4.12. The SMILES string of the molecule is CN(C)C(C)(C)CNC(=O)c1cc([N+](=O)[O-])ccc1F. The van der Waals surface area contributed by atoms with Gasteiger partial charge in [-0.2, -0.15) is 0 Å². The third kappa shape index (κ3) is 3.74. The molecule has 1 aromatic carbocycles. The maximum Gasteiger partial charge on any atom is 0.270 e. The number of hydrogen-bond donors (Lipinski definition) is 1. The molecule has 110 valence electrons. The summed E-state index contributed by atoms with van der Waals surface area (Å²) < 4.78 is 13.6. The first kappa shape index (κ1) is 16.0. The van der Waals surface area contributed by atoms with Crippen LogP contribution in [0.5, 0.6) is 0 Å². The van der Waals surface area contributed by atoms with Crippen molar-refractivity contribution in [3.8, 4) is 0 Å². The van der Waals surface area contributed by atoms with Crippen molar-refractivity contribution in [2.75, 3.05) is 20.6 Å². The lowest BCUT2D eigenvalue weighted by molar-refractivity contribution is -0.384. The van der Waals surface area contributed by atoms with Gasteiger partial charge in [-0.3, -0.25) is 14.9 Å². The van der Waals surface area contributed by atoms with Gasteiger partial charge in [0.1, 0.15) is 5.82 Å². The molecule has 6 nitrogen and oxygen atoms in total. The van der Waals surface area contributed by atoms with Crippen molar-refractivity contribution in [3.63, 3.8) is 0 Å². The second-order valence-electron chi connectivity index (χ2n) is 5.31. The van der Waals surface area contributed by atoms with Crippen LogP contribution in [0, 0.1) is 15.9 Å². The Morgan fingerprint density at radius 3 is 2.55 bits per heavy atom. The van der Waals surface area contributed by atoms with E-state index in [0.29, 0.717) is 6.54 Å². The highest BCUT2D eigenvalue weighted by molar-refractivity contribution is 5.95. The van der Waals surface area contributed by atoms with Crippen molar-refractivity contribution < 1.29 is 14.1 Å². The first-order valence-electron chi connectivity index (χ1n) is 6.05. The van der Waals surface area contributed by atoms with E-state index < -0.39 is 16.6 Å². The number of rotatable bonds is 5. The van der Waals surface area contributed by atoms with Gasteiger partial charge < -0.3 is 10.2 Å². The van der Waals surface area contributed by atoms with E-state index in [1.807, 2.05) is 32.8 Å². The van der Waals surface area contributed by atoms with Gasteiger partial charge in [0.2, 0.25) is 0 Å². The van der Waals surface area contributed by atoms with Gasteiger partial charge in [0.15, 0.2) is 0 Å². The minimum absolute atomic E-state index is 0.293. The number of carbonyl (C=O) groups is 1. The summed E-state index contributed by atoms with van der Waals surface area (Å²) in [4.78, 5) is 23.8. The van der Waals surface area contributed by atoms with Crippen LogP contribution in [0.1, 0.15) is 24.2 Å². The van der Waals surface area contributed by atoms with Gasteiger partial charge in [0.05, 0.1) is 10.5 Å². The summed E-state index contributed by atoms with van der Waals surface area (Å²) in [6, 6.07) is 2.88. The fourth-order valence-electron chi connectivity index (χ4n) is 1.35. The summed E-state index contributed by atoms with van der Waals surface area (Å²) in [7, 11) is 3.72. The Labute approximate surface area is 116 Å². The lowest BCUT2D eigenvalue weighted by atomic mass is 10.0. The Kier molecular flexibility index (Phi) is 4.78. The molecule has 0 aliphatic rings. The van der Waals surface area contributed by atoms with Gasteiger partial charge in [0.25, 0.3) is 11.6 Å². The minimum atomic E-state index is -0.782. The first-order chi connectivity index (χ1) is 9.15. The van der Waals surface area contributed by atoms with Crippen molar-refractivity contribution in [2.24, 2.45) is 0 Å². The fraction of sp³-hybridized carbons (Fsp3) is 0.462. The van der Waals surface area contributed by atoms with Gasteiger partial charge in [-0.05, 0) is 34.0 Å². The zero-order valence-corrected chi connectivity index (χ0v) is 11.9. The molecule has 0 saturated carbocycles. The number of nitro benzene ring substituents is 1. The average molecular weight is 283 g/mol. The number of hydrogen-bond acceptors (Lipinski definition) is 4. The van der Waals surface area contributed by atoms with Crippen molar-refractivity contribution in [1.29, 1.82) is 0 Å². The summed E-state index contributed by atoms with van der Waals surface area (Å²) in [6.07, 6.45) is 0. The molecule has 0 aliphatic carbocycles. The number of nitro groups is 1. The second kappa shape index (κ2) is 5.96. The molecular weight excluding hydrogens is 265 g/mol. The quantitative estimate of drug-likeness (QED) is 0.660. The monoisotopic (exact) mass is 283 g/mol. The molecule has 0 aromatic heterocycles. The number of nitrogens with one attached hydrogen (secondary N) is 1. The molecule has 1 amide bonds. The molecule has 1 N–H and O–H groups in total. The van der Waals surface area contributed by atoms with Crippen LogP contribution in [-0.2, 0) is 0 Å². The number of halogens is 1. The van der Waals surface area contributed by atoms with E-state index in [4.69, 9.17) is 0 Å². The standard InChI is InChI=1S/C13H18FN3O3/c1-13(2,16(3)4)8-15-12(18)10-7-9(17(19)20)5-6-11(10)14/h5-7H,8H2,1-4H3,(H,15,18). The smallest absolute Gasteiger partial charge is 0.270 e. The molecule has 0 saturated heterocycles. The summed E-state index contributed by atoms with van der Waals surface area (Å²) in [5.41, 5.74) is -0.954. The molecule has 20 heavy (non-hydrogen) atoms. The predicted molar refractivity (Wildman–Crippen MR) is 73.2 cm³/mol. The maximum atomic E-state index is 13.6. The summed E-state index contributed by atoms with van der Waals surface area (Å²) >= 11 is 0. The van der Waals surface area contributed by atoms with E-state index in [-0.39, 0.29) is 16.8 Å². The molecule has 0 atom stereocenters. The molecule has 1 rings (SSSR count). The van der Waals surface area contributed by atoms with Crippen LogP contribution in [0.3, 0.4) is 0 Å². The molecule has 0 spiro atoms.